The van der Waals surface area contributed by atoms with E-state index in [1.807, 2.05) is 6.08 Å². The van der Waals surface area contributed by atoms with Gasteiger partial charge in [0.15, 0.2) is 0 Å². The molecular weight excluding hydrogens is 255 g/mol. The van der Waals surface area contributed by atoms with Crippen LogP contribution in [-0.4, -0.2) is 11.7 Å². The quantitative estimate of drug-likeness (QED) is 0.881. The standard InChI is InChI=1S/C10H10Cl2O2S/c11-8-5-6(10(12)15-8)9(13)7-3-1-2-4-14-7/h3,5,9,13H,1-2,4H2. The van der Waals surface area contributed by atoms with E-state index in [0.717, 1.165) is 12.8 Å². The number of allylic oxidation sites excluding steroid dienone is 1. The normalized spacial score (nSPS) is 18.2. The Morgan fingerprint density at radius 1 is 1.47 bits per heavy atom. The molecule has 0 amide bonds. The Labute approximate surface area is 102 Å². The van der Waals surface area contributed by atoms with Gasteiger partial charge in [0.1, 0.15) is 16.2 Å². The molecule has 0 radical (unpaired) electrons. The summed E-state index contributed by atoms with van der Waals surface area (Å²) < 4.78 is 6.46. The van der Waals surface area contributed by atoms with Crippen molar-refractivity contribution >= 4 is 34.5 Å². The molecule has 1 aliphatic rings. The van der Waals surface area contributed by atoms with Crippen LogP contribution in [0.2, 0.25) is 8.67 Å². The molecule has 0 saturated heterocycles. The van der Waals surface area contributed by atoms with Crippen LogP contribution >= 0.6 is 34.5 Å². The zero-order valence-corrected chi connectivity index (χ0v) is 10.2. The summed E-state index contributed by atoms with van der Waals surface area (Å²) in [5, 5.41) is 10.0. The lowest BCUT2D eigenvalue weighted by Gasteiger charge is -2.19. The molecule has 0 aliphatic carbocycles. The molecule has 1 atom stereocenters. The van der Waals surface area contributed by atoms with Crippen LogP contribution < -0.4 is 0 Å². The fraction of sp³-hybridized carbons (Fsp3) is 0.400. The Morgan fingerprint density at radius 3 is 2.80 bits per heavy atom. The molecule has 1 unspecified atom stereocenters. The van der Waals surface area contributed by atoms with Crippen molar-refractivity contribution < 1.29 is 9.84 Å². The van der Waals surface area contributed by atoms with Crippen molar-refractivity contribution in [2.24, 2.45) is 0 Å². The molecule has 0 bridgehead atoms. The first-order valence-electron chi connectivity index (χ1n) is 4.64. The maximum absolute atomic E-state index is 10.0. The van der Waals surface area contributed by atoms with Crippen LogP contribution in [0.3, 0.4) is 0 Å². The third kappa shape index (κ3) is 2.48. The molecule has 1 aromatic heterocycles. The second kappa shape index (κ2) is 4.74. The van der Waals surface area contributed by atoms with E-state index >= 15 is 0 Å². The average Bonchev–Trinajstić information content (AvgIpc) is 2.58. The molecular formula is C10H10Cl2O2S. The van der Waals surface area contributed by atoms with Crippen LogP contribution in [-0.2, 0) is 4.74 Å². The van der Waals surface area contributed by atoms with Crippen molar-refractivity contribution in [1.82, 2.24) is 0 Å². The molecule has 0 saturated carbocycles. The lowest BCUT2D eigenvalue weighted by Crippen LogP contribution is -2.09. The first-order chi connectivity index (χ1) is 7.18. The van der Waals surface area contributed by atoms with E-state index in [2.05, 4.69) is 0 Å². The first-order valence-corrected chi connectivity index (χ1v) is 6.21. The fourth-order valence-corrected chi connectivity index (χ4v) is 2.98. The van der Waals surface area contributed by atoms with Crippen molar-refractivity contribution in [2.75, 3.05) is 6.61 Å². The van der Waals surface area contributed by atoms with Crippen LogP contribution in [0.4, 0.5) is 0 Å². The van der Waals surface area contributed by atoms with E-state index in [9.17, 15) is 5.11 Å². The SMILES string of the molecule is OC(C1=CCCCO1)c1cc(Cl)sc1Cl. The van der Waals surface area contributed by atoms with Crippen molar-refractivity contribution in [3.63, 3.8) is 0 Å². The number of hydrogen-bond donors (Lipinski definition) is 1. The molecule has 15 heavy (non-hydrogen) atoms. The number of halogens is 2. The summed E-state index contributed by atoms with van der Waals surface area (Å²) in [5.41, 5.74) is 0.625. The van der Waals surface area contributed by atoms with E-state index in [4.69, 9.17) is 27.9 Å². The first kappa shape index (κ1) is 11.3. The molecule has 0 aromatic carbocycles. The van der Waals surface area contributed by atoms with Crippen LogP contribution in [0.1, 0.15) is 24.5 Å². The van der Waals surface area contributed by atoms with E-state index in [1.165, 1.54) is 11.3 Å². The molecule has 2 nitrogen and oxygen atoms in total. The largest absolute Gasteiger partial charge is 0.495 e. The minimum atomic E-state index is -0.790. The zero-order valence-electron chi connectivity index (χ0n) is 7.87. The smallest absolute Gasteiger partial charge is 0.138 e. The summed E-state index contributed by atoms with van der Waals surface area (Å²) in [6.07, 6.45) is 3.04. The summed E-state index contributed by atoms with van der Waals surface area (Å²) in [4.78, 5) is 0. The van der Waals surface area contributed by atoms with Gasteiger partial charge in [-0.25, -0.2) is 0 Å². The van der Waals surface area contributed by atoms with Gasteiger partial charge in [-0.1, -0.05) is 23.2 Å². The number of aliphatic hydroxyl groups is 1. The summed E-state index contributed by atoms with van der Waals surface area (Å²) >= 11 is 13.0. The number of aliphatic hydroxyl groups excluding tert-OH is 1. The third-order valence-corrected chi connectivity index (χ3v) is 3.73. The molecule has 1 aliphatic heterocycles. The minimum Gasteiger partial charge on any atom is -0.495 e. The Balaban J connectivity index is 2.23. The van der Waals surface area contributed by atoms with E-state index in [0.29, 0.717) is 26.6 Å². The Hall–Kier alpha value is -0.220. The molecule has 1 N–H and O–H groups in total. The maximum atomic E-state index is 10.0. The molecule has 2 heterocycles. The highest BCUT2D eigenvalue weighted by atomic mass is 35.5. The predicted octanol–water partition coefficient (Wildman–Crippen LogP) is 3.78. The second-order valence-electron chi connectivity index (χ2n) is 3.28. The predicted molar refractivity (Wildman–Crippen MR) is 62.6 cm³/mol. The molecule has 0 spiro atoms. The molecule has 0 fully saturated rings. The average molecular weight is 265 g/mol. The number of hydrogen-bond acceptors (Lipinski definition) is 3. The zero-order chi connectivity index (χ0) is 10.8. The van der Waals surface area contributed by atoms with Gasteiger partial charge < -0.3 is 9.84 Å². The van der Waals surface area contributed by atoms with E-state index in [1.54, 1.807) is 6.07 Å². The monoisotopic (exact) mass is 264 g/mol. The van der Waals surface area contributed by atoms with Gasteiger partial charge in [-0.05, 0) is 25.0 Å². The van der Waals surface area contributed by atoms with Crippen molar-refractivity contribution in [2.45, 2.75) is 18.9 Å². The highest BCUT2D eigenvalue weighted by Crippen LogP contribution is 2.38. The minimum absolute atomic E-state index is 0.516. The van der Waals surface area contributed by atoms with Gasteiger partial charge in [-0.2, -0.15) is 0 Å². The van der Waals surface area contributed by atoms with Gasteiger partial charge in [-0.15, -0.1) is 11.3 Å². The third-order valence-electron chi connectivity index (χ3n) is 2.21. The van der Waals surface area contributed by atoms with Gasteiger partial charge in [0.05, 0.1) is 10.9 Å². The summed E-state index contributed by atoms with van der Waals surface area (Å²) in [6, 6.07) is 1.68. The molecule has 5 heteroatoms. The number of ether oxygens (including phenoxy) is 1. The van der Waals surface area contributed by atoms with E-state index < -0.39 is 6.10 Å². The topological polar surface area (TPSA) is 29.5 Å². The van der Waals surface area contributed by atoms with Gasteiger partial charge in [0, 0.05) is 5.56 Å². The fourth-order valence-electron chi connectivity index (χ4n) is 1.46. The van der Waals surface area contributed by atoms with Crippen LogP contribution in [0.5, 0.6) is 0 Å². The molecule has 1 aromatic rings. The number of thiophene rings is 1. The molecule has 2 rings (SSSR count). The Morgan fingerprint density at radius 2 is 2.27 bits per heavy atom. The maximum Gasteiger partial charge on any atom is 0.138 e. The summed E-state index contributed by atoms with van der Waals surface area (Å²) in [7, 11) is 0. The molecule has 82 valence electrons. The Kier molecular flexibility index (Phi) is 3.57. The van der Waals surface area contributed by atoms with Crippen LogP contribution in [0.15, 0.2) is 17.9 Å². The lowest BCUT2D eigenvalue weighted by molar-refractivity contribution is 0.0921. The van der Waals surface area contributed by atoms with Crippen LogP contribution in [0.25, 0.3) is 0 Å². The summed E-state index contributed by atoms with van der Waals surface area (Å²) in [5.74, 6) is 0.581. The Bertz CT molecular complexity index is 387. The van der Waals surface area contributed by atoms with Gasteiger partial charge in [0.2, 0.25) is 0 Å². The second-order valence-corrected chi connectivity index (χ2v) is 5.56. The van der Waals surface area contributed by atoms with E-state index in [-0.39, 0.29) is 0 Å². The highest BCUT2D eigenvalue weighted by Gasteiger charge is 2.21. The van der Waals surface area contributed by atoms with Gasteiger partial charge in [-0.3, -0.25) is 0 Å². The van der Waals surface area contributed by atoms with Gasteiger partial charge >= 0.3 is 0 Å². The van der Waals surface area contributed by atoms with Crippen molar-refractivity contribution in [3.8, 4) is 0 Å². The van der Waals surface area contributed by atoms with Crippen LogP contribution in [0, 0.1) is 0 Å². The van der Waals surface area contributed by atoms with Crippen molar-refractivity contribution in [1.29, 1.82) is 0 Å². The number of rotatable bonds is 2. The summed E-state index contributed by atoms with van der Waals surface area (Å²) in [6.45, 7) is 0.651. The van der Waals surface area contributed by atoms with Crippen molar-refractivity contribution in [3.05, 3.63) is 32.1 Å². The van der Waals surface area contributed by atoms with Gasteiger partial charge in [0.25, 0.3) is 0 Å². The highest BCUT2D eigenvalue weighted by molar-refractivity contribution is 7.20. The lowest BCUT2D eigenvalue weighted by atomic mass is 10.1.